The second-order valence-corrected chi connectivity index (χ2v) is 21.0. The number of fused-ring (bicyclic) bond motifs is 6. The predicted octanol–water partition coefficient (Wildman–Crippen LogP) is 13.9. The highest BCUT2D eigenvalue weighted by Gasteiger charge is 2.39. The molecule has 0 saturated heterocycles. The van der Waals surface area contributed by atoms with E-state index in [-0.39, 0.29) is 11.2 Å². The Labute approximate surface area is 318 Å². The Kier molecular flexibility index (Phi) is 8.06. The Morgan fingerprint density at radius 1 is 0.444 bits per heavy atom. The van der Waals surface area contributed by atoms with E-state index in [1.807, 2.05) is 24.3 Å². The summed E-state index contributed by atoms with van der Waals surface area (Å²) in [4.78, 5) is 4.63. The minimum atomic E-state index is -1.63. The third-order valence-electron chi connectivity index (χ3n) is 11.2. The van der Waals surface area contributed by atoms with Gasteiger partial charge in [0.15, 0.2) is 0 Å². The number of rotatable bonds is 7. The van der Waals surface area contributed by atoms with Gasteiger partial charge in [-0.25, -0.2) is 4.39 Å². The summed E-state index contributed by atoms with van der Waals surface area (Å²) in [6.45, 7) is 12.0. The van der Waals surface area contributed by atoms with Crippen molar-refractivity contribution in [1.82, 2.24) is 0 Å². The lowest BCUT2D eigenvalue weighted by Gasteiger charge is -2.31. The second-order valence-electron chi connectivity index (χ2n) is 16.0. The average Bonchev–Trinajstić information content (AvgIpc) is 3.41. The van der Waals surface area contributed by atoms with Crippen LogP contribution in [0.4, 0.5) is 38.5 Å². The molecule has 0 N–H and O–H groups in total. The summed E-state index contributed by atoms with van der Waals surface area (Å²) >= 11 is 0. The average molecular weight is 719 g/mol. The monoisotopic (exact) mass is 718 g/mol. The van der Waals surface area contributed by atoms with Gasteiger partial charge in [-0.3, -0.25) is 0 Å². The molecule has 0 radical (unpaired) electrons. The molecule has 8 aromatic carbocycles. The molecule has 0 unspecified atom stereocenters. The smallest absolute Gasteiger partial charge is 0.125 e. The largest absolute Gasteiger partial charge is 0.310 e. The van der Waals surface area contributed by atoms with E-state index in [0.717, 1.165) is 28.4 Å². The van der Waals surface area contributed by atoms with E-state index in [0.29, 0.717) is 0 Å². The number of hydrogen-bond donors (Lipinski definition) is 0. The van der Waals surface area contributed by atoms with E-state index >= 15 is 0 Å². The molecule has 9 rings (SSSR count). The Morgan fingerprint density at radius 2 is 1.00 bits per heavy atom. The summed E-state index contributed by atoms with van der Waals surface area (Å²) in [5, 5.41) is 6.51. The van der Waals surface area contributed by atoms with Gasteiger partial charge in [-0.2, -0.15) is 0 Å². The van der Waals surface area contributed by atoms with Crippen LogP contribution in [0, 0.1) is 5.82 Å². The van der Waals surface area contributed by atoms with E-state index in [2.05, 4.69) is 171 Å². The first-order valence-electron chi connectivity index (χ1n) is 18.8. The van der Waals surface area contributed by atoms with Crippen LogP contribution in [0.3, 0.4) is 0 Å². The van der Waals surface area contributed by atoms with Crippen molar-refractivity contribution in [2.45, 2.75) is 38.9 Å². The van der Waals surface area contributed by atoms with Gasteiger partial charge in [0.25, 0.3) is 0 Å². The van der Waals surface area contributed by atoms with Gasteiger partial charge in [0.2, 0.25) is 0 Å². The van der Waals surface area contributed by atoms with Crippen molar-refractivity contribution < 1.29 is 4.39 Å². The summed E-state index contributed by atoms with van der Waals surface area (Å²) in [5.41, 5.74) is 11.0. The molecule has 0 atom stereocenters. The zero-order valence-electron chi connectivity index (χ0n) is 31.4. The third kappa shape index (κ3) is 5.52. The summed E-state index contributed by atoms with van der Waals surface area (Å²) < 4.78 is 14.7. The van der Waals surface area contributed by atoms with E-state index in [4.69, 9.17) is 0 Å². The fraction of sp³-hybridized carbons (Fsp3) is 0.120. The third-order valence-corrected chi connectivity index (χ3v) is 13.2. The first-order chi connectivity index (χ1) is 26.1. The zero-order valence-corrected chi connectivity index (χ0v) is 32.4. The Bertz CT molecular complexity index is 2700. The molecule has 264 valence electrons. The van der Waals surface area contributed by atoms with Crippen LogP contribution in [0.25, 0.3) is 32.7 Å². The molecule has 8 aromatic rings. The Hall–Kier alpha value is -5.97. The predicted molar refractivity (Wildman–Crippen MR) is 231 cm³/mol. The molecule has 1 aliphatic rings. The van der Waals surface area contributed by atoms with Crippen LogP contribution in [0.2, 0.25) is 19.6 Å². The molecular weight excluding hydrogens is 676 g/mol. The van der Waals surface area contributed by atoms with Crippen molar-refractivity contribution in [2.75, 3.05) is 9.80 Å². The SMILES string of the molecule is CC1(C)c2cc(N(c3ccccc3)c3cccc(F)c3)ccc2-c2c1cc(N(c1ccccc1)c1ccc([Si](C)(C)C)c3ccccc13)c1ccccc21. The fourth-order valence-corrected chi connectivity index (χ4v) is 10.2. The van der Waals surface area contributed by atoms with E-state index in [9.17, 15) is 4.39 Å². The molecule has 4 heteroatoms. The lowest BCUT2D eigenvalue weighted by atomic mass is 9.81. The van der Waals surface area contributed by atoms with E-state index in [1.54, 1.807) is 12.1 Å². The normalized spacial score (nSPS) is 13.1. The maximum absolute atomic E-state index is 14.7. The Morgan fingerprint density at radius 3 is 1.65 bits per heavy atom. The first kappa shape index (κ1) is 33.8. The highest BCUT2D eigenvalue weighted by atomic mass is 28.3. The summed E-state index contributed by atoms with van der Waals surface area (Å²) in [5.74, 6) is -0.257. The molecule has 0 amide bonds. The summed E-state index contributed by atoms with van der Waals surface area (Å²) in [6, 6.07) is 59.7. The standard InChI is InChI=1S/C50H43FN2Si/c1-50(2)44-32-38(52(35-18-8-6-9-19-35)37-22-16-17-34(51)31-37)27-28-43(44)49-42-26-15-13-24-40(42)47(33-45(49)50)53(36-20-10-7-11-21-36)46-29-30-48(54(3,4)5)41-25-14-12-23-39(41)46/h6-33H,1-5H3. The maximum atomic E-state index is 14.7. The molecule has 0 aliphatic heterocycles. The van der Waals surface area contributed by atoms with Gasteiger partial charge in [0.1, 0.15) is 5.82 Å². The number of para-hydroxylation sites is 2. The molecule has 0 aromatic heterocycles. The molecule has 0 spiro atoms. The van der Waals surface area contributed by atoms with Gasteiger partial charge in [-0.05, 0) is 99.8 Å². The van der Waals surface area contributed by atoms with Crippen molar-refractivity contribution in [3.05, 3.63) is 187 Å². The topological polar surface area (TPSA) is 6.48 Å². The first-order valence-corrected chi connectivity index (χ1v) is 22.3. The minimum absolute atomic E-state index is 0.257. The molecule has 0 heterocycles. The van der Waals surface area contributed by atoms with Crippen molar-refractivity contribution in [3.8, 4) is 11.1 Å². The fourth-order valence-electron chi connectivity index (χ4n) is 8.63. The molecular formula is C50H43FN2Si. The van der Waals surface area contributed by atoms with Gasteiger partial charge in [-0.15, -0.1) is 0 Å². The quantitative estimate of drug-likeness (QED) is 0.151. The second kappa shape index (κ2) is 12.9. The molecule has 2 nitrogen and oxygen atoms in total. The van der Waals surface area contributed by atoms with Gasteiger partial charge < -0.3 is 9.80 Å². The molecule has 54 heavy (non-hydrogen) atoms. The van der Waals surface area contributed by atoms with Crippen LogP contribution in [0.1, 0.15) is 25.0 Å². The summed E-state index contributed by atoms with van der Waals surface area (Å²) in [6.07, 6.45) is 0. The van der Waals surface area contributed by atoms with Crippen LogP contribution >= 0.6 is 0 Å². The van der Waals surface area contributed by atoms with E-state index in [1.165, 1.54) is 60.7 Å². The van der Waals surface area contributed by atoms with Crippen molar-refractivity contribution in [3.63, 3.8) is 0 Å². The highest BCUT2D eigenvalue weighted by molar-refractivity contribution is 6.90. The van der Waals surface area contributed by atoms with Crippen molar-refractivity contribution in [2.24, 2.45) is 0 Å². The molecule has 0 bridgehead atoms. The van der Waals surface area contributed by atoms with Gasteiger partial charge >= 0.3 is 0 Å². The summed E-state index contributed by atoms with van der Waals surface area (Å²) in [7, 11) is -1.63. The zero-order chi connectivity index (χ0) is 37.2. The number of halogens is 1. The van der Waals surface area contributed by atoms with Crippen LogP contribution < -0.4 is 15.0 Å². The van der Waals surface area contributed by atoms with Crippen LogP contribution in [-0.2, 0) is 5.41 Å². The Balaban J connectivity index is 1.28. The van der Waals surface area contributed by atoms with Crippen LogP contribution in [0.15, 0.2) is 170 Å². The van der Waals surface area contributed by atoms with Gasteiger partial charge in [-0.1, -0.05) is 142 Å². The molecule has 0 fully saturated rings. The molecule has 0 saturated carbocycles. The molecule has 1 aliphatic carbocycles. The van der Waals surface area contributed by atoms with Crippen molar-refractivity contribution >= 4 is 68.9 Å². The lowest BCUT2D eigenvalue weighted by Crippen LogP contribution is -2.38. The van der Waals surface area contributed by atoms with Crippen molar-refractivity contribution in [1.29, 1.82) is 0 Å². The van der Waals surface area contributed by atoms with E-state index < -0.39 is 8.07 Å². The lowest BCUT2D eigenvalue weighted by molar-refractivity contribution is 0.628. The van der Waals surface area contributed by atoms with Gasteiger partial charge in [0, 0.05) is 38.9 Å². The number of benzene rings is 8. The number of nitrogens with zero attached hydrogens (tertiary/aromatic N) is 2. The van der Waals surface area contributed by atoms with Crippen LogP contribution in [0.5, 0.6) is 0 Å². The van der Waals surface area contributed by atoms with Gasteiger partial charge in [0.05, 0.1) is 19.4 Å². The van der Waals surface area contributed by atoms with Crippen LogP contribution in [-0.4, -0.2) is 8.07 Å². The number of anilines is 6. The minimum Gasteiger partial charge on any atom is -0.310 e. The highest BCUT2D eigenvalue weighted by Crippen LogP contribution is 2.56. The maximum Gasteiger partial charge on any atom is 0.125 e. The number of hydrogen-bond acceptors (Lipinski definition) is 2.